The third-order valence-electron chi connectivity index (χ3n) is 2.79. The Morgan fingerprint density at radius 2 is 2.38 bits per heavy atom. The van der Waals surface area contributed by atoms with Gasteiger partial charge in [-0.25, -0.2) is 4.79 Å². The summed E-state index contributed by atoms with van der Waals surface area (Å²) in [4.78, 5) is 11.3. The van der Waals surface area contributed by atoms with Crippen LogP contribution in [0.3, 0.4) is 0 Å². The molecule has 0 spiro atoms. The van der Waals surface area contributed by atoms with Gasteiger partial charge in [0.1, 0.15) is 0 Å². The molecule has 0 fully saturated rings. The molecule has 1 unspecified atom stereocenters. The highest BCUT2D eigenvalue weighted by Crippen LogP contribution is 2.26. The largest absolute Gasteiger partial charge is 0.467 e. The zero-order chi connectivity index (χ0) is 11.5. The summed E-state index contributed by atoms with van der Waals surface area (Å²) < 4.78 is 9.86. The van der Waals surface area contributed by atoms with E-state index in [2.05, 4.69) is 4.74 Å². The Bertz CT molecular complexity index is 400. The van der Waals surface area contributed by atoms with Gasteiger partial charge in [0.15, 0.2) is 6.10 Å². The van der Waals surface area contributed by atoms with E-state index in [4.69, 9.17) is 4.74 Å². The van der Waals surface area contributed by atoms with Gasteiger partial charge in [-0.1, -0.05) is 18.2 Å². The van der Waals surface area contributed by atoms with E-state index in [1.165, 1.54) is 7.11 Å². The molecule has 0 bridgehead atoms. The highest BCUT2D eigenvalue weighted by molar-refractivity contribution is 5.76. The zero-order valence-electron chi connectivity index (χ0n) is 9.10. The average molecular weight is 222 g/mol. The van der Waals surface area contributed by atoms with Crippen molar-refractivity contribution in [1.29, 1.82) is 0 Å². The fourth-order valence-electron chi connectivity index (χ4n) is 1.92. The molecule has 1 aromatic carbocycles. The van der Waals surface area contributed by atoms with Gasteiger partial charge in [-0.3, -0.25) is 0 Å². The first kappa shape index (κ1) is 11.1. The van der Waals surface area contributed by atoms with Crippen LogP contribution in [-0.4, -0.2) is 24.8 Å². The molecule has 4 nitrogen and oxygen atoms in total. The summed E-state index contributed by atoms with van der Waals surface area (Å²) in [6.45, 7) is 1.13. The summed E-state index contributed by atoms with van der Waals surface area (Å²) in [5.74, 6) is -0.640. The molecular weight excluding hydrogens is 208 g/mol. The molecule has 4 heteroatoms. The highest BCUT2D eigenvalue weighted by atomic mass is 16.5. The van der Waals surface area contributed by atoms with Crippen molar-refractivity contribution in [3.05, 3.63) is 34.9 Å². The molecule has 1 atom stereocenters. The maximum atomic E-state index is 11.3. The summed E-state index contributed by atoms with van der Waals surface area (Å²) in [6.07, 6.45) is -0.404. The number of aliphatic hydroxyl groups excluding tert-OH is 1. The minimum atomic E-state index is -1.22. The van der Waals surface area contributed by atoms with Crippen LogP contribution in [0.1, 0.15) is 22.8 Å². The molecule has 1 aliphatic heterocycles. The summed E-state index contributed by atoms with van der Waals surface area (Å²) in [5.41, 5.74) is 2.63. The molecule has 16 heavy (non-hydrogen) atoms. The molecular formula is C12H14O4. The van der Waals surface area contributed by atoms with Gasteiger partial charge in [-0.2, -0.15) is 0 Å². The van der Waals surface area contributed by atoms with Crippen molar-refractivity contribution in [1.82, 2.24) is 0 Å². The minimum Gasteiger partial charge on any atom is -0.467 e. The normalized spacial score (nSPS) is 16.4. The Hall–Kier alpha value is -1.39. The molecule has 86 valence electrons. The second kappa shape index (κ2) is 4.63. The van der Waals surface area contributed by atoms with Crippen LogP contribution < -0.4 is 0 Å². The molecule has 0 aromatic heterocycles. The van der Waals surface area contributed by atoms with Crippen LogP contribution in [0.2, 0.25) is 0 Å². The lowest BCUT2D eigenvalue weighted by Crippen LogP contribution is -2.19. The van der Waals surface area contributed by atoms with Crippen molar-refractivity contribution in [2.24, 2.45) is 0 Å². The molecule has 0 saturated carbocycles. The number of aliphatic hydroxyl groups is 1. The predicted octanol–water partition coefficient (Wildman–Crippen LogP) is 0.966. The van der Waals surface area contributed by atoms with E-state index in [1.54, 1.807) is 6.07 Å². The number of hydrogen-bond acceptors (Lipinski definition) is 4. The fourth-order valence-corrected chi connectivity index (χ4v) is 1.92. The van der Waals surface area contributed by atoms with Gasteiger partial charge in [-0.05, 0) is 23.1 Å². The van der Waals surface area contributed by atoms with Crippen molar-refractivity contribution >= 4 is 5.97 Å². The summed E-state index contributed by atoms with van der Waals surface area (Å²) >= 11 is 0. The zero-order valence-corrected chi connectivity index (χ0v) is 9.10. The van der Waals surface area contributed by atoms with E-state index < -0.39 is 12.1 Å². The standard InChI is InChI=1S/C12H14O4/c1-15-12(14)11(13)9-4-2-3-8-5-6-16-7-10(8)9/h2-4,11,13H,5-7H2,1H3. The first-order valence-corrected chi connectivity index (χ1v) is 5.18. The molecule has 1 N–H and O–H groups in total. The maximum Gasteiger partial charge on any atom is 0.339 e. The second-order valence-corrected chi connectivity index (χ2v) is 3.71. The first-order valence-electron chi connectivity index (χ1n) is 5.18. The van der Waals surface area contributed by atoms with Crippen LogP contribution in [0, 0.1) is 0 Å². The summed E-state index contributed by atoms with van der Waals surface area (Å²) in [6, 6.07) is 5.56. The van der Waals surface area contributed by atoms with Crippen molar-refractivity contribution in [3.63, 3.8) is 0 Å². The quantitative estimate of drug-likeness (QED) is 0.757. The number of ether oxygens (including phenoxy) is 2. The van der Waals surface area contributed by atoms with Gasteiger partial charge >= 0.3 is 5.97 Å². The van der Waals surface area contributed by atoms with Crippen molar-refractivity contribution in [3.8, 4) is 0 Å². The van der Waals surface area contributed by atoms with Gasteiger partial charge in [0.2, 0.25) is 0 Å². The highest BCUT2D eigenvalue weighted by Gasteiger charge is 2.23. The molecule has 0 radical (unpaired) electrons. The summed E-state index contributed by atoms with van der Waals surface area (Å²) in [5, 5.41) is 9.81. The molecule has 0 saturated heterocycles. The van der Waals surface area contributed by atoms with Gasteiger partial charge in [0.25, 0.3) is 0 Å². The van der Waals surface area contributed by atoms with E-state index in [-0.39, 0.29) is 0 Å². The second-order valence-electron chi connectivity index (χ2n) is 3.71. The molecule has 1 heterocycles. The number of rotatable bonds is 2. The van der Waals surface area contributed by atoms with Crippen LogP contribution in [0.25, 0.3) is 0 Å². The van der Waals surface area contributed by atoms with Crippen LogP contribution in [0.15, 0.2) is 18.2 Å². The Kier molecular flexibility index (Phi) is 3.22. The minimum absolute atomic E-state index is 0.444. The Morgan fingerprint density at radius 1 is 1.56 bits per heavy atom. The van der Waals surface area contributed by atoms with Crippen LogP contribution in [0.5, 0.6) is 0 Å². The van der Waals surface area contributed by atoms with Crippen LogP contribution in [0.4, 0.5) is 0 Å². The number of carbonyl (C=O) groups is 1. The van der Waals surface area contributed by atoms with E-state index >= 15 is 0 Å². The lowest BCUT2D eigenvalue weighted by atomic mass is 9.95. The average Bonchev–Trinajstić information content (AvgIpc) is 2.36. The maximum absolute atomic E-state index is 11.3. The number of esters is 1. The number of methoxy groups -OCH3 is 1. The Labute approximate surface area is 93.8 Å². The number of hydrogen-bond donors (Lipinski definition) is 1. The van der Waals surface area contributed by atoms with Gasteiger partial charge in [0, 0.05) is 0 Å². The Morgan fingerprint density at radius 3 is 3.12 bits per heavy atom. The lowest BCUT2D eigenvalue weighted by Gasteiger charge is -2.21. The first-order chi connectivity index (χ1) is 7.74. The van der Waals surface area contributed by atoms with E-state index in [0.29, 0.717) is 18.8 Å². The van der Waals surface area contributed by atoms with Crippen LogP contribution in [-0.2, 0) is 27.3 Å². The van der Waals surface area contributed by atoms with E-state index in [1.807, 2.05) is 12.1 Å². The number of carbonyl (C=O) groups excluding carboxylic acids is 1. The SMILES string of the molecule is COC(=O)C(O)c1cccc2c1COCC2. The van der Waals surface area contributed by atoms with Crippen LogP contribution >= 0.6 is 0 Å². The number of benzene rings is 1. The van der Waals surface area contributed by atoms with Gasteiger partial charge in [0.05, 0.1) is 20.3 Å². The molecule has 0 aliphatic carbocycles. The summed E-state index contributed by atoms with van der Waals surface area (Å²) in [7, 11) is 1.26. The van der Waals surface area contributed by atoms with Crippen molar-refractivity contribution in [2.45, 2.75) is 19.1 Å². The monoisotopic (exact) mass is 222 g/mol. The van der Waals surface area contributed by atoms with Crippen molar-refractivity contribution < 1.29 is 19.4 Å². The smallest absolute Gasteiger partial charge is 0.339 e. The third kappa shape index (κ3) is 1.94. The molecule has 0 amide bonds. The molecule has 1 aromatic rings. The molecule has 2 rings (SSSR count). The van der Waals surface area contributed by atoms with Crippen molar-refractivity contribution in [2.75, 3.05) is 13.7 Å². The van der Waals surface area contributed by atoms with E-state index in [0.717, 1.165) is 17.5 Å². The Balaban J connectivity index is 2.37. The topological polar surface area (TPSA) is 55.8 Å². The fraction of sp³-hybridized carbons (Fsp3) is 0.417. The van der Waals surface area contributed by atoms with E-state index in [9.17, 15) is 9.90 Å². The molecule has 1 aliphatic rings. The van der Waals surface area contributed by atoms with Gasteiger partial charge in [-0.15, -0.1) is 0 Å². The number of fused-ring (bicyclic) bond motifs is 1. The third-order valence-corrected chi connectivity index (χ3v) is 2.79. The predicted molar refractivity (Wildman–Crippen MR) is 56.8 cm³/mol. The van der Waals surface area contributed by atoms with Gasteiger partial charge < -0.3 is 14.6 Å². The lowest BCUT2D eigenvalue weighted by molar-refractivity contribution is -0.150.